The van der Waals surface area contributed by atoms with Gasteiger partial charge >= 0.3 is 5.97 Å². The first kappa shape index (κ1) is 10.5. The van der Waals surface area contributed by atoms with Gasteiger partial charge in [0.05, 0.1) is 5.92 Å². The molecule has 1 aliphatic heterocycles. The molecule has 0 aromatic rings. The fourth-order valence-corrected chi connectivity index (χ4v) is 0.905. The van der Waals surface area contributed by atoms with Crippen molar-refractivity contribution in [1.29, 1.82) is 0 Å². The van der Waals surface area contributed by atoms with Crippen LogP contribution in [0.15, 0.2) is 0 Å². The van der Waals surface area contributed by atoms with E-state index in [0.717, 1.165) is 0 Å². The van der Waals surface area contributed by atoms with Gasteiger partial charge < -0.3 is 4.74 Å². The van der Waals surface area contributed by atoms with Crippen LogP contribution < -0.4 is 0 Å². The van der Waals surface area contributed by atoms with E-state index in [1.54, 1.807) is 6.92 Å². The van der Waals surface area contributed by atoms with E-state index in [2.05, 4.69) is 9.78 Å². The standard InChI is InChI=1S/C9H16O4/c1-6(5-7-12-13-7)8(10)11-9(2,3)4/h6-7H,5H2,1-4H3. The average molecular weight is 188 g/mol. The van der Waals surface area contributed by atoms with Crippen LogP contribution in [0.2, 0.25) is 0 Å². The van der Waals surface area contributed by atoms with E-state index in [4.69, 9.17) is 4.74 Å². The summed E-state index contributed by atoms with van der Waals surface area (Å²) in [4.78, 5) is 20.5. The van der Waals surface area contributed by atoms with Gasteiger partial charge in [-0.1, -0.05) is 6.92 Å². The predicted molar refractivity (Wildman–Crippen MR) is 45.6 cm³/mol. The number of carbonyl (C=O) groups is 1. The van der Waals surface area contributed by atoms with E-state index in [0.29, 0.717) is 6.42 Å². The van der Waals surface area contributed by atoms with Crippen molar-refractivity contribution >= 4 is 5.97 Å². The number of hydrogen-bond donors (Lipinski definition) is 0. The minimum absolute atomic E-state index is 0.174. The Balaban J connectivity index is 2.28. The molecule has 1 unspecified atom stereocenters. The fourth-order valence-electron chi connectivity index (χ4n) is 0.905. The maximum absolute atomic E-state index is 11.4. The summed E-state index contributed by atoms with van der Waals surface area (Å²) in [7, 11) is 0. The minimum atomic E-state index is -0.420. The van der Waals surface area contributed by atoms with Gasteiger partial charge in [0.2, 0.25) is 6.29 Å². The number of ether oxygens (including phenoxy) is 1. The van der Waals surface area contributed by atoms with E-state index < -0.39 is 5.60 Å². The number of carbonyl (C=O) groups excluding carboxylic acids is 1. The number of esters is 1. The van der Waals surface area contributed by atoms with Gasteiger partial charge in [0.25, 0.3) is 0 Å². The van der Waals surface area contributed by atoms with Crippen LogP contribution in [0.1, 0.15) is 34.1 Å². The normalized spacial score (nSPS) is 19.7. The Morgan fingerprint density at radius 1 is 1.46 bits per heavy atom. The third kappa shape index (κ3) is 4.24. The molecule has 0 amide bonds. The molecule has 4 heteroatoms. The molecular formula is C9H16O4. The molecule has 1 rings (SSSR count). The lowest BCUT2D eigenvalue weighted by Gasteiger charge is -2.21. The molecule has 0 bridgehead atoms. The summed E-state index contributed by atoms with van der Waals surface area (Å²) in [6.07, 6.45) is 0.358. The molecule has 1 fully saturated rings. The maximum Gasteiger partial charge on any atom is 0.309 e. The molecule has 1 atom stereocenters. The Morgan fingerprint density at radius 2 is 2.00 bits per heavy atom. The van der Waals surface area contributed by atoms with Crippen molar-refractivity contribution in [3.05, 3.63) is 0 Å². The summed E-state index contributed by atoms with van der Waals surface area (Å²) in [6, 6.07) is 0. The minimum Gasteiger partial charge on any atom is -0.460 e. The van der Waals surface area contributed by atoms with Gasteiger partial charge in [0.15, 0.2) is 0 Å². The second-order valence-electron chi connectivity index (χ2n) is 4.29. The summed E-state index contributed by atoms with van der Waals surface area (Å²) in [6.45, 7) is 7.35. The zero-order valence-electron chi connectivity index (χ0n) is 8.49. The molecule has 0 spiro atoms. The van der Waals surface area contributed by atoms with Crippen LogP contribution in [0.3, 0.4) is 0 Å². The number of rotatable bonds is 3. The van der Waals surface area contributed by atoms with Crippen molar-refractivity contribution in [1.82, 2.24) is 0 Å². The van der Waals surface area contributed by atoms with Crippen molar-refractivity contribution in [2.24, 2.45) is 5.92 Å². The zero-order chi connectivity index (χ0) is 10.1. The maximum atomic E-state index is 11.4. The Hall–Kier alpha value is -0.610. The Morgan fingerprint density at radius 3 is 2.38 bits per heavy atom. The summed E-state index contributed by atoms with van der Waals surface area (Å²) in [5, 5.41) is 0. The third-order valence-electron chi connectivity index (χ3n) is 1.59. The topological polar surface area (TPSA) is 51.4 Å². The highest BCUT2D eigenvalue weighted by Crippen LogP contribution is 2.23. The lowest BCUT2D eigenvalue weighted by molar-refractivity contribution is -0.159. The highest BCUT2D eigenvalue weighted by atomic mass is 17.4. The van der Waals surface area contributed by atoms with Gasteiger partial charge in [-0.05, 0) is 20.8 Å². The van der Waals surface area contributed by atoms with E-state index in [1.807, 2.05) is 20.8 Å². The molecule has 76 valence electrons. The van der Waals surface area contributed by atoms with Crippen molar-refractivity contribution in [3.8, 4) is 0 Å². The van der Waals surface area contributed by atoms with Gasteiger partial charge in [-0.3, -0.25) is 4.79 Å². The van der Waals surface area contributed by atoms with Gasteiger partial charge in [0, 0.05) is 6.42 Å². The number of hydrogen-bond acceptors (Lipinski definition) is 4. The first-order chi connectivity index (χ1) is 5.88. The average Bonchev–Trinajstić information content (AvgIpc) is 2.67. The molecule has 0 saturated carbocycles. The molecule has 1 aliphatic rings. The summed E-state index contributed by atoms with van der Waals surface area (Å²) in [5.41, 5.74) is -0.420. The first-order valence-corrected chi connectivity index (χ1v) is 4.43. The van der Waals surface area contributed by atoms with E-state index >= 15 is 0 Å². The highest BCUT2D eigenvalue weighted by Gasteiger charge is 2.32. The Labute approximate surface area is 78.1 Å². The van der Waals surface area contributed by atoms with Crippen LogP contribution in [-0.4, -0.2) is 17.9 Å². The third-order valence-corrected chi connectivity index (χ3v) is 1.59. The van der Waals surface area contributed by atoms with Crippen LogP contribution in [-0.2, 0) is 19.3 Å². The van der Waals surface area contributed by atoms with Crippen molar-refractivity contribution < 1.29 is 19.3 Å². The molecule has 0 aliphatic carbocycles. The second-order valence-corrected chi connectivity index (χ2v) is 4.29. The van der Waals surface area contributed by atoms with Gasteiger partial charge in [-0.15, -0.1) is 0 Å². The summed E-state index contributed by atoms with van der Waals surface area (Å²) >= 11 is 0. The highest BCUT2D eigenvalue weighted by molar-refractivity contribution is 5.72. The van der Waals surface area contributed by atoms with Crippen molar-refractivity contribution in [3.63, 3.8) is 0 Å². The van der Waals surface area contributed by atoms with Crippen molar-refractivity contribution in [2.45, 2.75) is 46.0 Å². The first-order valence-electron chi connectivity index (χ1n) is 4.43. The predicted octanol–water partition coefficient (Wildman–Crippen LogP) is 1.64. The second kappa shape index (κ2) is 3.64. The quantitative estimate of drug-likeness (QED) is 0.384. The largest absolute Gasteiger partial charge is 0.460 e. The van der Waals surface area contributed by atoms with E-state index in [-0.39, 0.29) is 18.2 Å². The monoisotopic (exact) mass is 188 g/mol. The molecule has 0 radical (unpaired) electrons. The molecule has 0 aromatic carbocycles. The van der Waals surface area contributed by atoms with Crippen LogP contribution in [0.25, 0.3) is 0 Å². The van der Waals surface area contributed by atoms with E-state index in [1.165, 1.54) is 0 Å². The Kier molecular flexibility index (Phi) is 2.93. The lowest BCUT2D eigenvalue weighted by Crippen LogP contribution is -2.28. The van der Waals surface area contributed by atoms with Crippen LogP contribution in [0, 0.1) is 5.92 Å². The Bertz CT molecular complexity index is 190. The van der Waals surface area contributed by atoms with Crippen LogP contribution in [0.5, 0.6) is 0 Å². The SMILES string of the molecule is CC(CC1OO1)C(=O)OC(C)(C)C. The molecule has 1 saturated heterocycles. The van der Waals surface area contributed by atoms with Gasteiger partial charge in [0.1, 0.15) is 5.60 Å². The molecular weight excluding hydrogens is 172 g/mol. The summed E-state index contributed by atoms with van der Waals surface area (Å²) in [5.74, 6) is -0.377. The fraction of sp³-hybridized carbons (Fsp3) is 0.889. The molecule has 13 heavy (non-hydrogen) atoms. The van der Waals surface area contributed by atoms with E-state index in [9.17, 15) is 4.79 Å². The molecule has 0 aromatic heterocycles. The molecule has 0 N–H and O–H groups in total. The van der Waals surface area contributed by atoms with Gasteiger partial charge in [-0.25, -0.2) is 0 Å². The smallest absolute Gasteiger partial charge is 0.309 e. The van der Waals surface area contributed by atoms with Crippen molar-refractivity contribution in [2.75, 3.05) is 0 Å². The van der Waals surface area contributed by atoms with Crippen LogP contribution >= 0.6 is 0 Å². The molecule has 1 heterocycles. The zero-order valence-corrected chi connectivity index (χ0v) is 8.49. The van der Waals surface area contributed by atoms with Gasteiger partial charge in [-0.2, -0.15) is 9.78 Å². The lowest BCUT2D eigenvalue weighted by atomic mass is 10.1. The summed E-state index contributed by atoms with van der Waals surface area (Å²) < 4.78 is 5.18. The molecule has 4 nitrogen and oxygen atoms in total. The van der Waals surface area contributed by atoms with Crippen LogP contribution in [0.4, 0.5) is 0 Å².